The van der Waals surface area contributed by atoms with Crippen LogP contribution in [0.25, 0.3) is 0 Å². The zero-order valence-corrected chi connectivity index (χ0v) is 7.17. The van der Waals surface area contributed by atoms with Gasteiger partial charge in [-0.05, 0) is 12.1 Å². The highest BCUT2D eigenvalue weighted by atomic mass is 32.2. The van der Waals surface area contributed by atoms with Gasteiger partial charge in [-0.1, -0.05) is 0 Å². The second-order valence-corrected chi connectivity index (χ2v) is 4.14. The molecule has 0 fully saturated rings. The summed E-state index contributed by atoms with van der Waals surface area (Å²) in [6.07, 6.45) is 1.06. The van der Waals surface area contributed by atoms with E-state index >= 15 is 0 Å². The van der Waals surface area contributed by atoms with Crippen LogP contribution >= 0.6 is 0 Å². The van der Waals surface area contributed by atoms with Crippen LogP contribution in [0.5, 0.6) is 0 Å². The molecule has 1 heterocycles. The fraction of sp³-hybridized carbons (Fsp3) is 0.200. The van der Waals surface area contributed by atoms with Crippen molar-refractivity contribution in [2.45, 2.75) is 5.03 Å². The molecule has 0 aliphatic rings. The lowest BCUT2D eigenvalue weighted by molar-refractivity contribution is 0.596. The lowest BCUT2D eigenvalue weighted by atomic mass is 10.5. The fourth-order valence-corrected chi connectivity index (χ4v) is 1.10. The van der Waals surface area contributed by atoms with E-state index < -0.39 is 9.84 Å². The Balaban J connectivity index is 3.09. The molecule has 0 aromatic carbocycles. The number of hydrazine groups is 1. The Hall–Kier alpha value is -1.21. The van der Waals surface area contributed by atoms with E-state index in [1.807, 2.05) is 0 Å². The monoisotopic (exact) mass is 188 g/mol. The Morgan fingerprint density at radius 2 is 2.08 bits per heavy atom. The van der Waals surface area contributed by atoms with Crippen LogP contribution in [-0.4, -0.2) is 24.9 Å². The second-order valence-electron chi connectivity index (χ2n) is 2.17. The molecule has 0 unspecified atom stereocenters. The van der Waals surface area contributed by atoms with E-state index in [-0.39, 0.29) is 5.03 Å². The van der Waals surface area contributed by atoms with Crippen LogP contribution in [0, 0.1) is 0 Å². The first-order chi connectivity index (χ1) is 5.54. The number of aromatic nitrogens is 2. The minimum atomic E-state index is -3.27. The summed E-state index contributed by atoms with van der Waals surface area (Å²) in [5.74, 6) is 5.33. The molecule has 12 heavy (non-hydrogen) atoms. The van der Waals surface area contributed by atoms with Gasteiger partial charge >= 0.3 is 0 Å². The van der Waals surface area contributed by atoms with Crippen molar-refractivity contribution in [1.82, 2.24) is 10.2 Å². The number of nitrogens with zero attached hydrogens (tertiary/aromatic N) is 2. The van der Waals surface area contributed by atoms with Gasteiger partial charge < -0.3 is 5.43 Å². The molecule has 6 nitrogen and oxygen atoms in total. The average molecular weight is 188 g/mol. The standard InChI is InChI=1S/C5H8N4O2S/c1-12(10,11)5-3-2-4(7-6)8-9-5/h2-3H,6H2,1H3,(H,7,8). The van der Waals surface area contributed by atoms with Crippen LogP contribution in [0.3, 0.4) is 0 Å². The van der Waals surface area contributed by atoms with Crippen molar-refractivity contribution < 1.29 is 8.42 Å². The van der Waals surface area contributed by atoms with E-state index in [0.29, 0.717) is 5.82 Å². The molecule has 0 atom stereocenters. The summed E-state index contributed by atoms with van der Waals surface area (Å²) >= 11 is 0. The number of nitrogen functional groups attached to an aromatic ring is 1. The lowest BCUT2D eigenvalue weighted by Crippen LogP contribution is -2.10. The van der Waals surface area contributed by atoms with E-state index in [4.69, 9.17) is 5.84 Å². The van der Waals surface area contributed by atoms with E-state index in [2.05, 4.69) is 15.6 Å². The Morgan fingerprint density at radius 3 is 2.42 bits per heavy atom. The van der Waals surface area contributed by atoms with Crippen molar-refractivity contribution in [1.29, 1.82) is 0 Å². The largest absolute Gasteiger partial charge is 0.307 e. The Labute approximate surface area is 69.7 Å². The predicted octanol–water partition coefficient (Wildman–Crippen LogP) is -0.834. The predicted molar refractivity (Wildman–Crippen MR) is 43.0 cm³/mol. The third-order valence-corrected chi connectivity index (χ3v) is 2.15. The number of rotatable bonds is 2. The molecule has 0 saturated carbocycles. The molecule has 0 aliphatic heterocycles. The van der Waals surface area contributed by atoms with Gasteiger partial charge in [0, 0.05) is 6.26 Å². The topological polar surface area (TPSA) is 98.0 Å². The van der Waals surface area contributed by atoms with Crippen LogP contribution < -0.4 is 11.3 Å². The molecule has 1 aromatic heterocycles. The number of hydrogen-bond donors (Lipinski definition) is 2. The molecule has 0 radical (unpaired) electrons. The van der Waals surface area contributed by atoms with Gasteiger partial charge in [0.1, 0.15) is 0 Å². The maximum absolute atomic E-state index is 10.9. The molecule has 1 rings (SSSR count). The summed E-state index contributed by atoms with van der Waals surface area (Å²) in [6.45, 7) is 0. The number of hydrogen-bond acceptors (Lipinski definition) is 6. The highest BCUT2D eigenvalue weighted by molar-refractivity contribution is 7.90. The zero-order valence-electron chi connectivity index (χ0n) is 6.35. The van der Waals surface area contributed by atoms with Gasteiger partial charge in [-0.2, -0.15) is 0 Å². The van der Waals surface area contributed by atoms with Gasteiger partial charge in [-0.25, -0.2) is 14.3 Å². The van der Waals surface area contributed by atoms with E-state index in [9.17, 15) is 8.42 Å². The first-order valence-corrected chi connectivity index (χ1v) is 4.93. The van der Waals surface area contributed by atoms with Crippen LogP contribution in [0.2, 0.25) is 0 Å². The van der Waals surface area contributed by atoms with Crippen molar-refractivity contribution in [3.63, 3.8) is 0 Å². The van der Waals surface area contributed by atoms with Crippen LogP contribution in [0.4, 0.5) is 5.82 Å². The lowest BCUT2D eigenvalue weighted by Gasteiger charge is -1.97. The SMILES string of the molecule is CS(=O)(=O)c1ccc(NN)nn1. The highest BCUT2D eigenvalue weighted by Crippen LogP contribution is 2.05. The van der Waals surface area contributed by atoms with Crippen LogP contribution in [0.1, 0.15) is 0 Å². The molecule has 66 valence electrons. The molecule has 0 spiro atoms. The number of anilines is 1. The van der Waals surface area contributed by atoms with Crippen LogP contribution in [0.15, 0.2) is 17.2 Å². The first kappa shape index (κ1) is 8.88. The van der Waals surface area contributed by atoms with Gasteiger partial charge in [0.2, 0.25) is 0 Å². The number of sulfone groups is 1. The summed E-state index contributed by atoms with van der Waals surface area (Å²) in [5, 5.41) is 6.87. The van der Waals surface area contributed by atoms with E-state index in [1.54, 1.807) is 0 Å². The maximum atomic E-state index is 10.9. The molecule has 0 bridgehead atoms. The Bertz CT molecular complexity index is 358. The minimum absolute atomic E-state index is 0.0681. The van der Waals surface area contributed by atoms with Crippen molar-refractivity contribution in [3.05, 3.63) is 12.1 Å². The van der Waals surface area contributed by atoms with Crippen molar-refractivity contribution in [3.8, 4) is 0 Å². The summed E-state index contributed by atoms with van der Waals surface area (Å²) < 4.78 is 21.8. The highest BCUT2D eigenvalue weighted by Gasteiger charge is 2.08. The zero-order chi connectivity index (χ0) is 9.19. The van der Waals surface area contributed by atoms with Gasteiger partial charge in [-0.15, -0.1) is 10.2 Å². The summed E-state index contributed by atoms with van der Waals surface area (Å²) in [5.41, 5.74) is 2.24. The Kier molecular flexibility index (Phi) is 2.25. The van der Waals surface area contributed by atoms with Gasteiger partial charge in [0.15, 0.2) is 20.7 Å². The van der Waals surface area contributed by atoms with Gasteiger partial charge in [0.25, 0.3) is 0 Å². The molecule has 0 aliphatic carbocycles. The van der Waals surface area contributed by atoms with Gasteiger partial charge in [-0.3, -0.25) is 0 Å². The van der Waals surface area contributed by atoms with Crippen molar-refractivity contribution in [2.75, 3.05) is 11.7 Å². The Morgan fingerprint density at radius 1 is 1.42 bits per heavy atom. The molecule has 7 heteroatoms. The number of nitrogens with one attached hydrogen (secondary N) is 1. The van der Waals surface area contributed by atoms with E-state index in [0.717, 1.165) is 6.26 Å². The summed E-state index contributed by atoms with van der Waals surface area (Å²) in [4.78, 5) is 0. The second kappa shape index (κ2) is 3.03. The maximum Gasteiger partial charge on any atom is 0.194 e. The number of nitrogens with two attached hydrogens (primary N) is 1. The molecule has 0 saturated heterocycles. The molecule has 0 amide bonds. The third kappa shape index (κ3) is 1.89. The first-order valence-electron chi connectivity index (χ1n) is 3.04. The quantitative estimate of drug-likeness (QED) is 0.464. The molecular weight excluding hydrogens is 180 g/mol. The fourth-order valence-electron chi connectivity index (χ4n) is 0.595. The smallest absolute Gasteiger partial charge is 0.194 e. The molecular formula is C5H8N4O2S. The summed E-state index contributed by atoms with van der Waals surface area (Å²) in [7, 11) is -3.27. The third-order valence-electron chi connectivity index (χ3n) is 1.17. The summed E-state index contributed by atoms with van der Waals surface area (Å²) in [6, 6.07) is 2.76. The van der Waals surface area contributed by atoms with Crippen LogP contribution in [-0.2, 0) is 9.84 Å². The van der Waals surface area contributed by atoms with E-state index in [1.165, 1.54) is 12.1 Å². The normalized spacial score (nSPS) is 11.2. The van der Waals surface area contributed by atoms with Gasteiger partial charge in [0.05, 0.1) is 0 Å². The minimum Gasteiger partial charge on any atom is -0.307 e. The average Bonchev–Trinajstić information content (AvgIpc) is 2.03. The molecule has 1 aromatic rings. The molecule has 3 N–H and O–H groups in total. The van der Waals surface area contributed by atoms with Crippen molar-refractivity contribution in [2.24, 2.45) is 5.84 Å². The van der Waals surface area contributed by atoms with Crippen molar-refractivity contribution >= 4 is 15.7 Å².